The third-order valence-corrected chi connectivity index (χ3v) is 2.05. The molecule has 3 nitrogen and oxygen atoms in total. The van der Waals surface area contributed by atoms with Crippen molar-refractivity contribution in [3.8, 4) is 0 Å². The van der Waals surface area contributed by atoms with Crippen LogP contribution in [0.4, 0.5) is 0 Å². The molecule has 0 atom stereocenters. The van der Waals surface area contributed by atoms with Crippen LogP contribution in [0.1, 0.15) is 1.43 Å². The third kappa shape index (κ3) is 0.580. The van der Waals surface area contributed by atoms with Gasteiger partial charge in [0.05, 0.1) is 11.0 Å². The third-order valence-electron chi connectivity index (χ3n) is 2.05. The second kappa shape index (κ2) is 1.88. The smallest absolute Gasteiger partial charge is 0.212 e. The zero-order chi connectivity index (χ0) is 7.97. The van der Waals surface area contributed by atoms with Crippen LogP contribution in [0.15, 0.2) is 36.7 Å². The average Bonchev–Trinajstić information content (AvgIpc) is 2.62. The van der Waals surface area contributed by atoms with E-state index in [0.717, 1.165) is 11.3 Å². The fraction of sp³-hybridized carbons (Fsp3) is 0. The lowest BCUT2D eigenvalue weighted by atomic mass is 10.3. The number of benzene rings is 1. The van der Waals surface area contributed by atoms with E-state index in [1.165, 1.54) is 5.52 Å². The van der Waals surface area contributed by atoms with E-state index in [9.17, 15) is 0 Å². The topological polar surface area (TPSA) is 33.1 Å². The first kappa shape index (κ1) is 5.83. The Balaban J connectivity index is 0.000000653. The maximum Gasteiger partial charge on any atom is 0.212 e. The van der Waals surface area contributed by atoms with Crippen molar-refractivity contribution in [3.63, 3.8) is 0 Å². The van der Waals surface area contributed by atoms with Crippen molar-refractivity contribution in [1.29, 1.82) is 0 Å². The molecule has 0 aliphatic heterocycles. The number of H-pyrrole nitrogens is 1. The SMILES string of the molecule is [HH].c1ccc2c(c1)[nH]c1nccn12. The van der Waals surface area contributed by atoms with Gasteiger partial charge in [0.2, 0.25) is 5.78 Å². The predicted molar refractivity (Wildman–Crippen MR) is 49.2 cm³/mol. The summed E-state index contributed by atoms with van der Waals surface area (Å²) in [7, 11) is 0. The summed E-state index contributed by atoms with van der Waals surface area (Å²) in [6.45, 7) is 0. The molecule has 0 aliphatic carbocycles. The fourth-order valence-electron chi connectivity index (χ4n) is 1.50. The van der Waals surface area contributed by atoms with Gasteiger partial charge in [0.1, 0.15) is 0 Å². The highest BCUT2D eigenvalue weighted by atomic mass is 15.1. The average molecular weight is 159 g/mol. The van der Waals surface area contributed by atoms with Crippen LogP contribution in [0.25, 0.3) is 16.8 Å². The molecule has 12 heavy (non-hydrogen) atoms. The highest BCUT2D eigenvalue weighted by molar-refractivity contribution is 5.79. The number of aromatic amines is 1. The zero-order valence-corrected chi connectivity index (χ0v) is 6.36. The number of hydrogen-bond acceptors (Lipinski definition) is 1. The second-order valence-corrected chi connectivity index (χ2v) is 2.76. The van der Waals surface area contributed by atoms with Crippen molar-refractivity contribution in [2.75, 3.05) is 0 Å². The highest BCUT2D eigenvalue weighted by Gasteiger charge is 2.00. The van der Waals surface area contributed by atoms with E-state index in [-0.39, 0.29) is 1.43 Å². The molecule has 2 aromatic heterocycles. The Morgan fingerprint density at radius 1 is 1.33 bits per heavy atom. The number of fused-ring (bicyclic) bond motifs is 3. The zero-order valence-electron chi connectivity index (χ0n) is 6.36. The van der Waals surface area contributed by atoms with E-state index in [1.54, 1.807) is 6.20 Å². The molecular weight excluding hydrogens is 150 g/mol. The van der Waals surface area contributed by atoms with Crippen molar-refractivity contribution in [2.24, 2.45) is 0 Å². The van der Waals surface area contributed by atoms with Gasteiger partial charge in [-0.05, 0) is 12.1 Å². The number of rotatable bonds is 0. The summed E-state index contributed by atoms with van der Waals surface area (Å²) in [5.74, 6) is 0.899. The molecule has 0 fully saturated rings. The quantitative estimate of drug-likeness (QED) is 0.535. The molecule has 3 heteroatoms. The van der Waals surface area contributed by atoms with E-state index in [0.29, 0.717) is 0 Å². The van der Waals surface area contributed by atoms with Crippen molar-refractivity contribution in [2.45, 2.75) is 0 Å². The molecule has 1 N–H and O–H groups in total. The summed E-state index contributed by atoms with van der Waals surface area (Å²) in [6, 6.07) is 8.15. The minimum Gasteiger partial charge on any atom is -0.323 e. The Morgan fingerprint density at radius 3 is 3.25 bits per heavy atom. The predicted octanol–water partition coefficient (Wildman–Crippen LogP) is 2.06. The Kier molecular flexibility index (Phi) is 0.913. The van der Waals surface area contributed by atoms with Gasteiger partial charge in [0.25, 0.3) is 0 Å². The molecule has 1 aromatic carbocycles. The number of nitrogens with one attached hydrogen (secondary N) is 1. The van der Waals surface area contributed by atoms with E-state index in [4.69, 9.17) is 0 Å². The minimum atomic E-state index is 0. The van der Waals surface area contributed by atoms with Gasteiger partial charge in [-0.1, -0.05) is 12.1 Å². The number of nitrogens with zero attached hydrogens (tertiary/aromatic N) is 2. The Labute approximate surface area is 70.1 Å². The van der Waals surface area contributed by atoms with Gasteiger partial charge < -0.3 is 4.98 Å². The number of hydrogen-bond donors (Lipinski definition) is 1. The molecule has 0 unspecified atom stereocenters. The summed E-state index contributed by atoms with van der Waals surface area (Å²) in [4.78, 5) is 7.37. The monoisotopic (exact) mass is 159 g/mol. The molecular formula is C9H9N3. The van der Waals surface area contributed by atoms with Crippen LogP contribution in [0.2, 0.25) is 0 Å². The number of aromatic nitrogens is 3. The largest absolute Gasteiger partial charge is 0.323 e. The Morgan fingerprint density at radius 2 is 2.25 bits per heavy atom. The van der Waals surface area contributed by atoms with Gasteiger partial charge >= 0.3 is 0 Å². The lowest BCUT2D eigenvalue weighted by Gasteiger charge is -1.86. The lowest BCUT2D eigenvalue weighted by molar-refractivity contribution is 1.25. The Bertz CT molecular complexity index is 537. The molecule has 0 saturated heterocycles. The summed E-state index contributed by atoms with van der Waals surface area (Å²) < 4.78 is 2.04. The first-order valence-electron chi connectivity index (χ1n) is 3.85. The van der Waals surface area contributed by atoms with Crippen molar-refractivity contribution < 1.29 is 1.43 Å². The van der Waals surface area contributed by atoms with E-state index < -0.39 is 0 Å². The van der Waals surface area contributed by atoms with Crippen LogP contribution in [-0.2, 0) is 0 Å². The molecule has 0 bridgehead atoms. The molecule has 3 rings (SSSR count). The normalized spacial score (nSPS) is 11.3. The van der Waals surface area contributed by atoms with Crippen LogP contribution in [0.3, 0.4) is 0 Å². The van der Waals surface area contributed by atoms with Crippen LogP contribution in [-0.4, -0.2) is 14.4 Å². The molecule has 0 aliphatic rings. The minimum absolute atomic E-state index is 0. The number of imidazole rings is 2. The van der Waals surface area contributed by atoms with Gasteiger partial charge in [-0.2, -0.15) is 0 Å². The van der Waals surface area contributed by atoms with E-state index in [2.05, 4.69) is 16.0 Å². The van der Waals surface area contributed by atoms with Crippen molar-refractivity contribution >= 4 is 16.8 Å². The molecule has 0 saturated carbocycles. The number of para-hydroxylation sites is 2. The summed E-state index contributed by atoms with van der Waals surface area (Å²) in [5.41, 5.74) is 2.30. The summed E-state index contributed by atoms with van der Waals surface area (Å²) >= 11 is 0. The molecule has 0 radical (unpaired) electrons. The molecule has 60 valence electrons. The van der Waals surface area contributed by atoms with Crippen LogP contribution in [0.5, 0.6) is 0 Å². The first-order chi connectivity index (χ1) is 5.95. The van der Waals surface area contributed by atoms with Crippen molar-refractivity contribution in [3.05, 3.63) is 36.7 Å². The van der Waals surface area contributed by atoms with Crippen LogP contribution in [0, 0.1) is 0 Å². The second-order valence-electron chi connectivity index (χ2n) is 2.76. The van der Waals surface area contributed by atoms with Gasteiger partial charge in [-0.25, -0.2) is 4.98 Å². The van der Waals surface area contributed by atoms with Gasteiger partial charge in [0, 0.05) is 13.8 Å². The fourth-order valence-corrected chi connectivity index (χ4v) is 1.50. The van der Waals surface area contributed by atoms with Crippen LogP contribution < -0.4 is 0 Å². The van der Waals surface area contributed by atoms with E-state index in [1.807, 2.05) is 28.8 Å². The van der Waals surface area contributed by atoms with Crippen LogP contribution >= 0.6 is 0 Å². The first-order valence-corrected chi connectivity index (χ1v) is 3.85. The highest BCUT2D eigenvalue weighted by Crippen LogP contribution is 2.13. The molecule has 2 heterocycles. The van der Waals surface area contributed by atoms with Gasteiger partial charge in [0.15, 0.2) is 0 Å². The summed E-state index contributed by atoms with van der Waals surface area (Å²) in [6.07, 6.45) is 3.74. The maximum atomic E-state index is 4.16. The van der Waals surface area contributed by atoms with Gasteiger partial charge in [-0.3, -0.25) is 4.40 Å². The Hall–Kier alpha value is -1.77. The summed E-state index contributed by atoms with van der Waals surface area (Å²) in [5, 5.41) is 0. The molecule has 0 spiro atoms. The maximum absolute atomic E-state index is 4.16. The molecule has 0 amide bonds. The molecule has 3 aromatic rings. The van der Waals surface area contributed by atoms with Crippen molar-refractivity contribution in [1.82, 2.24) is 14.4 Å². The van der Waals surface area contributed by atoms with Gasteiger partial charge in [-0.15, -0.1) is 0 Å². The lowest BCUT2D eigenvalue weighted by Crippen LogP contribution is -1.74. The standard InChI is InChI=1S/C9H7N3.H2/c1-2-4-8-7(3-1)11-9-10-5-6-12(8)9;/h1-6H,(H,10,11);1H. The van der Waals surface area contributed by atoms with E-state index >= 15 is 0 Å².